The minimum Gasteiger partial charge on any atom is -0.343 e. The van der Waals surface area contributed by atoms with E-state index in [1.165, 1.54) is 6.20 Å². The number of hydrogen-bond donors (Lipinski definition) is 1. The lowest BCUT2D eigenvalue weighted by molar-refractivity contribution is 0.108. The Labute approximate surface area is 85.0 Å². The summed E-state index contributed by atoms with van der Waals surface area (Å²) in [5.74, 6) is 0.665. The van der Waals surface area contributed by atoms with Crippen LogP contribution in [0.3, 0.4) is 0 Å². The maximum Gasteiger partial charge on any atom is 0.253 e. The van der Waals surface area contributed by atoms with Gasteiger partial charge in [0.2, 0.25) is 0 Å². The topological polar surface area (TPSA) is 58.6 Å². The van der Waals surface area contributed by atoms with Crippen LogP contribution in [0.4, 0.5) is 0 Å². The van der Waals surface area contributed by atoms with Crippen molar-refractivity contribution >= 4 is 16.8 Å². The minimum atomic E-state index is -0.511. The molecule has 0 saturated carbocycles. The summed E-state index contributed by atoms with van der Waals surface area (Å²) >= 11 is 5.28. The minimum absolute atomic E-state index is 0.377. The molecule has 2 heterocycles. The van der Waals surface area contributed by atoms with Gasteiger partial charge >= 0.3 is 0 Å². The maximum absolute atomic E-state index is 10.7. The zero-order chi connectivity index (χ0) is 9.97. The molecular formula is C9H6ClN3O. The monoisotopic (exact) mass is 207 g/mol. The van der Waals surface area contributed by atoms with E-state index >= 15 is 0 Å². The Bertz CT molecular complexity index is 436. The summed E-state index contributed by atoms with van der Waals surface area (Å²) in [6, 6.07) is 3.30. The zero-order valence-corrected chi connectivity index (χ0v) is 7.82. The number of halogens is 1. The standard InChI is InChI=1S/C9H6ClN3O/c10-8(14)6-1-2-7(13-5-6)9-11-3-4-12-9/h1-5H,(H,11,12). The average Bonchev–Trinajstić information content (AvgIpc) is 2.71. The Kier molecular flexibility index (Phi) is 2.28. The number of carbonyl (C=O) groups is 1. The van der Waals surface area contributed by atoms with Crippen LogP contribution in [0, 0.1) is 0 Å². The summed E-state index contributed by atoms with van der Waals surface area (Å²) in [7, 11) is 0. The van der Waals surface area contributed by atoms with Crippen LogP contribution in [-0.2, 0) is 0 Å². The van der Waals surface area contributed by atoms with Gasteiger partial charge < -0.3 is 4.98 Å². The molecule has 5 heteroatoms. The van der Waals surface area contributed by atoms with Crippen molar-refractivity contribution < 1.29 is 4.79 Å². The van der Waals surface area contributed by atoms with Gasteiger partial charge in [-0.25, -0.2) is 4.98 Å². The number of nitrogens with zero attached hydrogens (tertiary/aromatic N) is 2. The molecule has 0 aromatic carbocycles. The number of aromatic nitrogens is 3. The molecule has 0 saturated heterocycles. The van der Waals surface area contributed by atoms with Gasteiger partial charge in [0.15, 0.2) is 5.82 Å². The Morgan fingerprint density at radius 1 is 1.36 bits per heavy atom. The van der Waals surface area contributed by atoms with E-state index in [2.05, 4.69) is 15.0 Å². The van der Waals surface area contributed by atoms with Gasteiger partial charge in [0.1, 0.15) is 5.69 Å². The highest BCUT2D eigenvalue weighted by Crippen LogP contribution is 2.12. The Hall–Kier alpha value is -1.68. The van der Waals surface area contributed by atoms with Crippen molar-refractivity contribution in [1.82, 2.24) is 15.0 Å². The molecule has 14 heavy (non-hydrogen) atoms. The lowest BCUT2D eigenvalue weighted by Gasteiger charge is -1.96. The maximum atomic E-state index is 10.7. The predicted molar refractivity (Wildman–Crippen MR) is 52.0 cm³/mol. The van der Waals surface area contributed by atoms with Crippen molar-refractivity contribution in [2.45, 2.75) is 0 Å². The average molecular weight is 208 g/mol. The first kappa shape index (κ1) is 8.90. The summed E-state index contributed by atoms with van der Waals surface area (Å²) in [5, 5.41) is -0.511. The summed E-state index contributed by atoms with van der Waals surface area (Å²) in [6.45, 7) is 0. The quantitative estimate of drug-likeness (QED) is 0.765. The summed E-state index contributed by atoms with van der Waals surface area (Å²) in [6.07, 6.45) is 4.77. The normalized spacial score (nSPS) is 10.1. The van der Waals surface area contributed by atoms with Crippen molar-refractivity contribution in [1.29, 1.82) is 0 Å². The van der Waals surface area contributed by atoms with Crippen LogP contribution >= 0.6 is 11.6 Å². The van der Waals surface area contributed by atoms with Gasteiger partial charge in [-0.3, -0.25) is 9.78 Å². The highest BCUT2D eigenvalue weighted by atomic mass is 35.5. The van der Waals surface area contributed by atoms with Crippen LogP contribution < -0.4 is 0 Å². The fraction of sp³-hybridized carbons (Fsp3) is 0. The lowest BCUT2D eigenvalue weighted by atomic mass is 10.2. The largest absolute Gasteiger partial charge is 0.343 e. The third-order valence-corrected chi connectivity index (χ3v) is 1.95. The second-order valence-corrected chi connectivity index (χ2v) is 2.99. The number of rotatable bonds is 2. The molecule has 0 unspecified atom stereocenters. The first-order chi connectivity index (χ1) is 6.77. The van der Waals surface area contributed by atoms with E-state index < -0.39 is 5.24 Å². The van der Waals surface area contributed by atoms with Gasteiger partial charge in [0, 0.05) is 18.6 Å². The first-order valence-corrected chi connectivity index (χ1v) is 4.31. The van der Waals surface area contributed by atoms with E-state index in [1.54, 1.807) is 24.5 Å². The van der Waals surface area contributed by atoms with E-state index in [9.17, 15) is 4.79 Å². The Morgan fingerprint density at radius 2 is 2.21 bits per heavy atom. The molecule has 0 amide bonds. The van der Waals surface area contributed by atoms with Crippen LogP contribution in [0.1, 0.15) is 10.4 Å². The highest BCUT2D eigenvalue weighted by molar-refractivity contribution is 6.67. The molecule has 2 rings (SSSR count). The summed E-state index contributed by atoms with van der Waals surface area (Å²) < 4.78 is 0. The molecule has 0 aliphatic carbocycles. The Morgan fingerprint density at radius 3 is 2.71 bits per heavy atom. The fourth-order valence-corrected chi connectivity index (χ4v) is 1.17. The molecule has 0 aliphatic rings. The van der Waals surface area contributed by atoms with Crippen LogP contribution in [-0.4, -0.2) is 20.2 Å². The molecule has 0 spiro atoms. The van der Waals surface area contributed by atoms with E-state index in [1.807, 2.05) is 0 Å². The van der Waals surface area contributed by atoms with Gasteiger partial charge in [0.05, 0.1) is 5.56 Å². The first-order valence-electron chi connectivity index (χ1n) is 3.93. The van der Waals surface area contributed by atoms with Crippen molar-refractivity contribution in [2.75, 3.05) is 0 Å². The SMILES string of the molecule is O=C(Cl)c1ccc(-c2ncc[nH]2)nc1. The number of hydrogen-bond acceptors (Lipinski definition) is 3. The molecular weight excluding hydrogens is 202 g/mol. The molecule has 0 fully saturated rings. The third kappa shape index (κ3) is 1.65. The number of H-pyrrole nitrogens is 1. The molecule has 2 aromatic rings. The fourth-order valence-electron chi connectivity index (χ4n) is 1.06. The van der Waals surface area contributed by atoms with Crippen molar-refractivity contribution in [3.8, 4) is 11.5 Å². The summed E-state index contributed by atoms with van der Waals surface area (Å²) in [4.78, 5) is 21.7. The van der Waals surface area contributed by atoms with Gasteiger partial charge in [-0.15, -0.1) is 0 Å². The highest BCUT2D eigenvalue weighted by Gasteiger charge is 2.04. The van der Waals surface area contributed by atoms with Crippen LogP contribution in [0.25, 0.3) is 11.5 Å². The molecule has 0 radical (unpaired) electrons. The zero-order valence-electron chi connectivity index (χ0n) is 7.07. The third-order valence-electron chi connectivity index (χ3n) is 1.73. The molecule has 0 atom stereocenters. The van der Waals surface area contributed by atoms with Gasteiger partial charge in [-0.2, -0.15) is 0 Å². The number of aromatic amines is 1. The van der Waals surface area contributed by atoms with E-state index in [0.717, 1.165) is 0 Å². The van der Waals surface area contributed by atoms with Crippen LogP contribution in [0.2, 0.25) is 0 Å². The van der Waals surface area contributed by atoms with E-state index in [4.69, 9.17) is 11.6 Å². The number of pyridine rings is 1. The van der Waals surface area contributed by atoms with Gasteiger partial charge in [-0.1, -0.05) is 0 Å². The van der Waals surface area contributed by atoms with Crippen molar-refractivity contribution in [3.63, 3.8) is 0 Å². The summed E-state index contributed by atoms with van der Waals surface area (Å²) in [5.41, 5.74) is 1.05. The molecule has 70 valence electrons. The molecule has 1 N–H and O–H groups in total. The van der Waals surface area contributed by atoms with Crippen LogP contribution in [0.5, 0.6) is 0 Å². The molecule has 0 bridgehead atoms. The molecule has 4 nitrogen and oxygen atoms in total. The number of imidazole rings is 1. The number of carbonyl (C=O) groups excluding carboxylic acids is 1. The molecule has 2 aromatic heterocycles. The lowest BCUT2D eigenvalue weighted by Crippen LogP contribution is -1.92. The Balaban J connectivity index is 2.36. The number of nitrogens with one attached hydrogen (secondary N) is 1. The van der Waals surface area contributed by atoms with E-state index in [0.29, 0.717) is 17.1 Å². The van der Waals surface area contributed by atoms with Gasteiger partial charge in [0.25, 0.3) is 5.24 Å². The van der Waals surface area contributed by atoms with Crippen LogP contribution in [0.15, 0.2) is 30.7 Å². The second-order valence-electron chi connectivity index (χ2n) is 2.64. The molecule has 0 aliphatic heterocycles. The second kappa shape index (κ2) is 3.59. The van der Waals surface area contributed by atoms with E-state index in [-0.39, 0.29) is 0 Å². The predicted octanol–water partition coefficient (Wildman–Crippen LogP) is 1.85. The smallest absolute Gasteiger partial charge is 0.253 e. The van der Waals surface area contributed by atoms with Crippen molar-refractivity contribution in [3.05, 3.63) is 36.3 Å². The van der Waals surface area contributed by atoms with Crippen molar-refractivity contribution in [2.24, 2.45) is 0 Å². The van der Waals surface area contributed by atoms with Gasteiger partial charge in [-0.05, 0) is 23.7 Å².